The van der Waals surface area contributed by atoms with Crippen molar-refractivity contribution in [2.45, 2.75) is 95.3 Å². The van der Waals surface area contributed by atoms with Gasteiger partial charge in [0, 0.05) is 24.2 Å². The first-order valence-corrected chi connectivity index (χ1v) is 13.0. The number of carboxylic acids is 1. The third kappa shape index (κ3) is 3.71. The van der Waals surface area contributed by atoms with Gasteiger partial charge in [0.1, 0.15) is 0 Å². The van der Waals surface area contributed by atoms with Crippen LogP contribution in [0.2, 0.25) is 0 Å². The van der Waals surface area contributed by atoms with Gasteiger partial charge in [0.2, 0.25) is 5.69 Å². The van der Waals surface area contributed by atoms with Gasteiger partial charge >= 0.3 is 5.97 Å². The van der Waals surface area contributed by atoms with Crippen LogP contribution < -0.4 is 5.56 Å². The van der Waals surface area contributed by atoms with Gasteiger partial charge in [0.05, 0.1) is 11.0 Å². The normalized spacial score (nSPS) is 36.6. The van der Waals surface area contributed by atoms with Gasteiger partial charge in [-0.25, -0.2) is 9.78 Å². The Morgan fingerprint density at radius 2 is 1.61 bits per heavy atom. The monoisotopic (exact) mass is 449 g/mol. The van der Waals surface area contributed by atoms with Gasteiger partial charge in [-0.2, -0.15) is 0 Å². The molecule has 0 unspecified atom stereocenters. The lowest BCUT2D eigenvalue weighted by atomic mass is 9.64. The summed E-state index contributed by atoms with van der Waals surface area (Å²) < 4.78 is 1.78. The van der Waals surface area contributed by atoms with E-state index in [-0.39, 0.29) is 11.7 Å². The van der Waals surface area contributed by atoms with Crippen molar-refractivity contribution < 1.29 is 9.90 Å². The summed E-state index contributed by atoms with van der Waals surface area (Å²) in [6.07, 6.45) is 12.4. The number of aromatic nitrogens is 2. The van der Waals surface area contributed by atoms with Crippen LogP contribution in [0.15, 0.2) is 29.1 Å². The standard InChI is InChI=1S/C27H35N3O3/c1-16-9-17-11-18(12-17)13-21(10-16)29-19-5-4-6-20(29)15-22(14-19)30-24-8-3-2-7-23(24)28-25(26(30)31)27(32)33/h2-3,7-8,16-22H,4-6,9-15H2,1H3,(H,32,33)/t16-,17-,18+,19-,20+,21-,22+/m0/s1. The molecular formula is C27H35N3O3. The van der Waals surface area contributed by atoms with E-state index in [9.17, 15) is 14.7 Å². The number of piperidine rings is 2. The van der Waals surface area contributed by atoms with Gasteiger partial charge in [-0.3, -0.25) is 9.69 Å². The molecule has 6 heteroatoms. The third-order valence-electron chi connectivity index (χ3n) is 9.14. The zero-order valence-electron chi connectivity index (χ0n) is 19.5. The number of fused-ring (bicyclic) bond motifs is 8. The number of nitrogens with zero attached hydrogens (tertiary/aromatic N) is 3. The fourth-order valence-electron chi connectivity index (χ4n) is 7.96. The Labute approximate surface area is 195 Å². The molecule has 2 aliphatic heterocycles. The minimum atomic E-state index is -1.24. The highest BCUT2D eigenvalue weighted by Gasteiger charge is 2.45. The number of hydrogen-bond acceptors (Lipinski definition) is 4. The van der Waals surface area contributed by atoms with Crippen molar-refractivity contribution in [3.63, 3.8) is 0 Å². The summed E-state index contributed by atoms with van der Waals surface area (Å²) in [6.45, 7) is 2.45. The lowest BCUT2D eigenvalue weighted by Gasteiger charge is -2.55. The van der Waals surface area contributed by atoms with Crippen LogP contribution in [-0.2, 0) is 0 Å². The van der Waals surface area contributed by atoms with E-state index in [1.165, 1.54) is 51.4 Å². The molecule has 2 saturated heterocycles. The van der Waals surface area contributed by atoms with Crippen molar-refractivity contribution in [3.05, 3.63) is 40.3 Å². The number of carboxylic acid groups (broad SMARTS) is 1. The molecule has 5 aliphatic rings. The summed E-state index contributed by atoms with van der Waals surface area (Å²) in [5.41, 5.74) is 0.562. The van der Waals surface area contributed by atoms with E-state index >= 15 is 0 Å². The second-order valence-corrected chi connectivity index (χ2v) is 11.4. The molecule has 4 bridgehead atoms. The average Bonchev–Trinajstić information content (AvgIpc) is 2.73. The van der Waals surface area contributed by atoms with Crippen molar-refractivity contribution in [2.24, 2.45) is 17.8 Å². The van der Waals surface area contributed by atoms with Crippen LogP contribution in [0, 0.1) is 17.8 Å². The Kier molecular flexibility index (Phi) is 5.32. The highest BCUT2D eigenvalue weighted by Crippen LogP contribution is 2.48. The molecule has 3 aliphatic carbocycles. The number of rotatable bonds is 3. The number of benzene rings is 1. The van der Waals surface area contributed by atoms with Gasteiger partial charge in [-0.15, -0.1) is 0 Å². The summed E-state index contributed by atoms with van der Waals surface area (Å²) in [4.78, 5) is 32.2. The maximum atomic E-state index is 13.3. The molecule has 3 heterocycles. The molecule has 1 N–H and O–H groups in total. The van der Waals surface area contributed by atoms with Crippen LogP contribution >= 0.6 is 0 Å². The minimum Gasteiger partial charge on any atom is -0.476 e. The molecule has 5 atom stereocenters. The minimum absolute atomic E-state index is 0.0362. The van der Waals surface area contributed by atoms with E-state index in [1.54, 1.807) is 4.57 Å². The summed E-state index contributed by atoms with van der Waals surface area (Å²) in [7, 11) is 0. The fourth-order valence-corrected chi connectivity index (χ4v) is 7.96. The summed E-state index contributed by atoms with van der Waals surface area (Å²) in [5, 5.41) is 9.64. The zero-order chi connectivity index (χ0) is 22.7. The molecule has 33 heavy (non-hydrogen) atoms. The Balaban J connectivity index is 1.34. The summed E-state index contributed by atoms with van der Waals surface area (Å²) in [5.74, 6) is 1.45. The van der Waals surface area contributed by atoms with Crippen LogP contribution in [0.5, 0.6) is 0 Å². The van der Waals surface area contributed by atoms with E-state index in [1.807, 2.05) is 24.3 Å². The molecule has 1 aromatic carbocycles. The third-order valence-corrected chi connectivity index (χ3v) is 9.14. The number of para-hydroxylation sites is 2. The molecule has 6 nitrogen and oxygen atoms in total. The smallest absolute Gasteiger partial charge is 0.360 e. The van der Waals surface area contributed by atoms with Crippen LogP contribution in [0.1, 0.15) is 87.7 Å². The second kappa shape index (κ2) is 8.23. The van der Waals surface area contributed by atoms with E-state index in [0.717, 1.165) is 36.1 Å². The summed E-state index contributed by atoms with van der Waals surface area (Å²) >= 11 is 0. The quantitative estimate of drug-likeness (QED) is 0.724. The average molecular weight is 450 g/mol. The zero-order valence-corrected chi connectivity index (χ0v) is 19.5. The van der Waals surface area contributed by atoms with Gasteiger partial charge in [-0.1, -0.05) is 25.5 Å². The van der Waals surface area contributed by atoms with Crippen molar-refractivity contribution in [1.29, 1.82) is 0 Å². The molecule has 1 aromatic heterocycles. The Bertz CT molecular complexity index is 1110. The van der Waals surface area contributed by atoms with E-state index < -0.39 is 11.5 Å². The van der Waals surface area contributed by atoms with Crippen LogP contribution in [0.4, 0.5) is 0 Å². The van der Waals surface area contributed by atoms with Crippen molar-refractivity contribution in [2.75, 3.05) is 0 Å². The molecule has 3 saturated carbocycles. The highest BCUT2D eigenvalue weighted by atomic mass is 16.4. The molecule has 5 fully saturated rings. The molecule has 0 spiro atoms. The van der Waals surface area contributed by atoms with Gasteiger partial charge in [0.15, 0.2) is 0 Å². The molecule has 176 valence electrons. The fraction of sp³-hybridized carbons (Fsp3) is 0.667. The van der Waals surface area contributed by atoms with Crippen molar-refractivity contribution in [1.82, 2.24) is 14.5 Å². The van der Waals surface area contributed by atoms with Crippen molar-refractivity contribution >= 4 is 17.0 Å². The van der Waals surface area contributed by atoms with E-state index in [2.05, 4.69) is 16.8 Å². The Hall–Kier alpha value is -2.21. The molecular weight excluding hydrogens is 414 g/mol. The first-order chi connectivity index (χ1) is 16.0. The maximum Gasteiger partial charge on any atom is 0.360 e. The lowest BCUT2D eigenvalue weighted by molar-refractivity contribution is -0.0478. The topological polar surface area (TPSA) is 75.4 Å². The lowest BCUT2D eigenvalue weighted by Crippen LogP contribution is -2.58. The van der Waals surface area contributed by atoms with Crippen LogP contribution in [0.3, 0.4) is 0 Å². The highest BCUT2D eigenvalue weighted by molar-refractivity contribution is 5.88. The van der Waals surface area contributed by atoms with Crippen LogP contribution in [0.25, 0.3) is 11.0 Å². The Morgan fingerprint density at radius 1 is 0.909 bits per heavy atom. The SMILES string of the molecule is C[C@@H]1C[C@H](N2[C@@H]3CCC[C@H]2C[C@@H](n2c(=O)c(C(=O)O)nc4ccccc42)C3)C[C@H]2C[C@@H](C1)C2. The number of carbonyl (C=O) groups is 1. The number of hydrogen-bond donors (Lipinski definition) is 1. The largest absolute Gasteiger partial charge is 0.476 e. The first-order valence-electron chi connectivity index (χ1n) is 13.0. The molecule has 2 aromatic rings. The summed E-state index contributed by atoms with van der Waals surface area (Å²) in [6, 6.07) is 9.18. The Morgan fingerprint density at radius 3 is 2.33 bits per heavy atom. The molecule has 0 amide bonds. The van der Waals surface area contributed by atoms with E-state index in [0.29, 0.717) is 23.6 Å². The maximum absolute atomic E-state index is 13.3. The van der Waals surface area contributed by atoms with Crippen molar-refractivity contribution in [3.8, 4) is 0 Å². The van der Waals surface area contributed by atoms with Gasteiger partial charge in [0.25, 0.3) is 5.56 Å². The molecule has 7 rings (SSSR count). The number of aromatic carboxylic acids is 1. The second-order valence-electron chi connectivity index (χ2n) is 11.4. The predicted molar refractivity (Wildman–Crippen MR) is 128 cm³/mol. The predicted octanol–water partition coefficient (Wildman–Crippen LogP) is 4.87. The van der Waals surface area contributed by atoms with Crippen LogP contribution in [-0.4, -0.2) is 43.7 Å². The molecule has 0 radical (unpaired) electrons. The van der Waals surface area contributed by atoms with E-state index in [4.69, 9.17) is 0 Å². The first kappa shape index (κ1) is 21.3. The van der Waals surface area contributed by atoms with Gasteiger partial charge < -0.3 is 9.67 Å². The van der Waals surface area contributed by atoms with Gasteiger partial charge in [-0.05, 0) is 87.7 Å².